The van der Waals surface area contributed by atoms with E-state index in [1.165, 1.54) is 59.8 Å². The number of rotatable bonds is 5. The molecule has 3 aromatic rings. The van der Waals surface area contributed by atoms with Gasteiger partial charge >= 0.3 is 0 Å². The average molecular weight is 550 g/mol. The molecule has 2 aliphatic heterocycles. The van der Waals surface area contributed by atoms with Crippen LogP contribution in [0.15, 0.2) is 99.5 Å². The van der Waals surface area contributed by atoms with Gasteiger partial charge in [-0.1, -0.05) is 24.3 Å². The van der Waals surface area contributed by atoms with E-state index >= 15 is 0 Å². The van der Waals surface area contributed by atoms with E-state index in [1.807, 2.05) is 0 Å². The number of nitrogens with two attached hydrogens (primary N) is 1. The second kappa shape index (κ2) is 10.4. The summed E-state index contributed by atoms with van der Waals surface area (Å²) in [7, 11) is -4.03. The molecule has 3 aromatic carbocycles. The van der Waals surface area contributed by atoms with Crippen LogP contribution in [0, 0.1) is 11.6 Å². The fraction of sp³-hybridized carbons (Fsp3) is 0.143. The van der Waals surface area contributed by atoms with E-state index in [-0.39, 0.29) is 29.9 Å². The minimum absolute atomic E-state index is 0.0276. The molecule has 0 spiro atoms. The average Bonchev–Trinajstić information content (AvgIpc) is 2.88. The molecule has 11 heteroatoms. The van der Waals surface area contributed by atoms with Crippen molar-refractivity contribution in [2.24, 2.45) is 10.7 Å². The normalized spacial score (nSPS) is 18.8. The molecule has 0 saturated heterocycles. The van der Waals surface area contributed by atoms with Gasteiger partial charge in [-0.25, -0.2) is 22.2 Å². The number of guanidine groups is 1. The first-order chi connectivity index (χ1) is 18.6. The topological polar surface area (TPSA) is 117 Å². The first kappa shape index (κ1) is 26.3. The van der Waals surface area contributed by atoms with Gasteiger partial charge in [0.05, 0.1) is 4.90 Å². The fourth-order valence-electron chi connectivity index (χ4n) is 4.66. The molecule has 0 aromatic heterocycles. The second-order valence-electron chi connectivity index (χ2n) is 9.20. The van der Waals surface area contributed by atoms with E-state index in [2.05, 4.69) is 15.6 Å². The summed E-state index contributed by atoms with van der Waals surface area (Å²) in [6.45, 7) is 1.27. The van der Waals surface area contributed by atoms with Crippen LogP contribution in [0.25, 0.3) is 6.08 Å². The van der Waals surface area contributed by atoms with Crippen LogP contribution in [0.4, 0.5) is 14.5 Å². The molecule has 8 nitrogen and oxygen atoms in total. The van der Waals surface area contributed by atoms with E-state index in [4.69, 9.17) is 5.73 Å². The van der Waals surface area contributed by atoms with Crippen molar-refractivity contribution in [2.45, 2.75) is 17.9 Å². The quantitative estimate of drug-likeness (QED) is 0.446. The number of nitrogens with zero attached hydrogens (tertiary/aromatic N) is 2. The van der Waals surface area contributed by atoms with Crippen molar-refractivity contribution in [1.29, 1.82) is 0 Å². The maximum absolute atomic E-state index is 14.2. The van der Waals surface area contributed by atoms with Crippen molar-refractivity contribution in [3.05, 3.63) is 112 Å². The summed E-state index contributed by atoms with van der Waals surface area (Å²) in [5, 5.41) is 5.66. The predicted octanol–water partition coefficient (Wildman–Crippen LogP) is 3.92. The van der Waals surface area contributed by atoms with Crippen molar-refractivity contribution >= 4 is 33.7 Å². The SMILES string of the molecule is CC(=O)Nc1ccc(S(=O)(=O)N2CC3=C(NC(N)=NC3c3cccc(F)c3)/C(=C/c3cccc(F)c3)C2)cc1. The molecule has 1 amide bonds. The van der Waals surface area contributed by atoms with Gasteiger partial charge in [0.2, 0.25) is 15.9 Å². The number of carbonyl (C=O) groups is 1. The molecule has 1 unspecified atom stereocenters. The Morgan fingerprint density at radius 3 is 2.41 bits per heavy atom. The van der Waals surface area contributed by atoms with Gasteiger partial charge in [-0.3, -0.25) is 4.79 Å². The lowest BCUT2D eigenvalue weighted by atomic mass is 9.90. The Balaban J connectivity index is 1.60. The third-order valence-electron chi connectivity index (χ3n) is 6.35. The largest absolute Gasteiger partial charge is 0.370 e. The van der Waals surface area contributed by atoms with Gasteiger partial charge in [0.1, 0.15) is 17.7 Å². The zero-order valence-corrected chi connectivity index (χ0v) is 21.7. The van der Waals surface area contributed by atoms with Gasteiger partial charge in [-0.15, -0.1) is 0 Å². The highest BCUT2D eigenvalue weighted by Gasteiger charge is 2.37. The molecular formula is C28H25F2N5O3S. The van der Waals surface area contributed by atoms with Gasteiger partial charge in [0.25, 0.3) is 0 Å². The van der Waals surface area contributed by atoms with Crippen LogP contribution in [0.3, 0.4) is 0 Å². The Kier molecular flexibility index (Phi) is 7.02. The highest BCUT2D eigenvalue weighted by atomic mass is 32.2. The molecule has 0 radical (unpaired) electrons. The molecule has 39 heavy (non-hydrogen) atoms. The Labute approximate surface area is 224 Å². The van der Waals surface area contributed by atoms with Crippen LogP contribution >= 0.6 is 0 Å². The summed E-state index contributed by atoms with van der Waals surface area (Å²) in [6, 6.07) is 16.9. The number of nitrogens with one attached hydrogen (secondary N) is 2. The van der Waals surface area contributed by atoms with Gasteiger partial charge in [-0.05, 0) is 76.9 Å². The van der Waals surface area contributed by atoms with Gasteiger partial charge in [0, 0.05) is 31.4 Å². The highest BCUT2D eigenvalue weighted by molar-refractivity contribution is 7.89. The Morgan fingerprint density at radius 1 is 1.05 bits per heavy atom. The molecule has 1 atom stereocenters. The van der Waals surface area contributed by atoms with Gasteiger partial charge in [0.15, 0.2) is 5.96 Å². The van der Waals surface area contributed by atoms with Gasteiger partial charge in [-0.2, -0.15) is 4.31 Å². The first-order valence-electron chi connectivity index (χ1n) is 12.0. The number of aliphatic imine (C=N–C) groups is 1. The molecule has 0 aliphatic carbocycles. The van der Waals surface area contributed by atoms with Crippen molar-refractivity contribution < 1.29 is 22.0 Å². The molecule has 2 aliphatic rings. The third kappa shape index (κ3) is 5.59. The Morgan fingerprint density at radius 2 is 1.74 bits per heavy atom. The number of benzene rings is 3. The zero-order chi connectivity index (χ0) is 27.7. The number of hydrogen-bond acceptors (Lipinski definition) is 6. The van der Waals surface area contributed by atoms with E-state index in [1.54, 1.807) is 30.3 Å². The first-order valence-corrected chi connectivity index (χ1v) is 13.5. The van der Waals surface area contributed by atoms with Crippen molar-refractivity contribution in [3.8, 4) is 0 Å². The van der Waals surface area contributed by atoms with Gasteiger partial charge < -0.3 is 16.4 Å². The second-order valence-corrected chi connectivity index (χ2v) is 11.1. The molecule has 5 rings (SSSR count). The third-order valence-corrected chi connectivity index (χ3v) is 8.16. The number of carbonyl (C=O) groups excluding carboxylic acids is 1. The maximum Gasteiger partial charge on any atom is 0.243 e. The van der Waals surface area contributed by atoms with Crippen LogP contribution < -0.4 is 16.4 Å². The lowest BCUT2D eigenvalue weighted by molar-refractivity contribution is -0.114. The summed E-state index contributed by atoms with van der Waals surface area (Å²) in [5.41, 5.74) is 9.29. The minimum atomic E-state index is -4.03. The molecule has 200 valence electrons. The lowest BCUT2D eigenvalue weighted by Gasteiger charge is -2.37. The van der Waals surface area contributed by atoms with E-state index in [0.717, 1.165) is 0 Å². The van der Waals surface area contributed by atoms with E-state index in [0.29, 0.717) is 33.7 Å². The molecular weight excluding hydrogens is 524 g/mol. The van der Waals surface area contributed by atoms with Crippen molar-refractivity contribution in [2.75, 3.05) is 18.4 Å². The molecule has 4 N–H and O–H groups in total. The number of amides is 1. The summed E-state index contributed by atoms with van der Waals surface area (Å²) in [5.74, 6) is -1.08. The Hall–Kier alpha value is -4.35. The zero-order valence-electron chi connectivity index (χ0n) is 20.9. The molecule has 0 bridgehead atoms. The lowest BCUT2D eigenvalue weighted by Crippen LogP contribution is -2.46. The summed E-state index contributed by atoms with van der Waals surface area (Å²) in [6.07, 6.45) is 1.69. The smallest absolute Gasteiger partial charge is 0.243 e. The maximum atomic E-state index is 14.2. The van der Waals surface area contributed by atoms with Crippen LogP contribution in [0.2, 0.25) is 0 Å². The summed E-state index contributed by atoms with van der Waals surface area (Å²) < 4.78 is 57.0. The minimum Gasteiger partial charge on any atom is -0.370 e. The number of anilines is 1. The molecule has 2 heterocycles. The predicted molar refractivity (Wildman–Crippen MR) is 145 cm³/mol. The molecule has 0 fully saturated rings. The highest BCUT2D eigenvalue weighted by Crippen LogP contribution is 2.38. The monoisotopic (exact) mass is 549 g/mol. The summed E-state index contributed by atoms with van der Waals surface area (Å²) >= 11 is 0. The van der Waals surface area contributed by atoms with E-state index < -0.39 is 27.7 Å². The standard InChI is InChI=1S/C28H25F2N5O3S/c1-17(36)32-23-8-10-24(11-9-23)39(37,38)35-15-20(12-18-4-2-6-21(29)13-18)27-25(16-35)26(33-28(31)34-27)19-5-3-7-22(30)14-19/h2-14,26H,15-16H2,1H3,(H,32,36)(H3,31,33,34)/b20-12+. The van der Waals surface area contributed by atoms with Crippen molar-refractivity contribution in [1.82, 2.24) is 9.62 Å². The number of hydrogen-bond donors (Lipinski definition) is 3. The van der Waals surface area contributed by atoms with Crippen LogP contribution in [0.1, 0.15) is 24.1 Å². The summed E-state index contributed by atoms with van der Waals surface area (Å²) in [4.78, 5) is 15.9. The fourth-order valence-corrected chi connectivity index (χ4v) is 6.06. The number of sulfonamides is 1. The van der Waals surface area contributed by atoms with Crippen molar-refractivity contribution in [3.63, 3.8) is 0 Å². The van der Waals surface area contributed by atoms with Crippen LogP contribution in [-0.4, -0.2) is 37.7 Å². The van der Waals surface area contributed by atoms with E-state index in [9.17, 15) is 22.0 Å². The Bertz CT molecular complexity index is 1650. The molecule has 0 saturated carbocycles. The van der Waals surface area contributed by atoms with Crippen LogP contribution in [0.5, 0.6) is 0 Å². The number of halogens is 2. The van der Waals surface area contributed by atoms with Crippen LogP contribution in [-0.2, 0) is 14.8 Å².